The number of alkyl halides is 3. The first-order chi connectivity index (χ1) is 10.6. The summed E-state index contributed by atoms with van der Waals surface area (Å²) in [6.45, 7) is 3.29. The molecule has 9 heteroatoms. The number of rotatable bonds is 3. The Kier molecular flexibility index (Phi) is 4.72. The summed E-state index contributed by atoms with van der Waals surface area (Å²) in [5, 5.41) is 10.3. The van der Waals surface area contributed by atoms with E-state index in [2.05, 4.69) is 4.98 Å². The van der Waals surface area contributed by atoms with Gasteiger partial charge in [-0.3, -0.25) is 4.79 Å². The summed E-state index contributed by atoms with van der Waals surface area (Å²) >= 11 is 0. The van der Waals surface area contributed by atoms with E-state index >= 15 is 0 Å². The van der Waals surface area contributed by atoms with Gasteiger partial charge in [0.2, 0.25) is 11.5 Å². The molecule has 130 valence electrons. The highest BCUT2D eigenvalue weighted by Crippen LogP contribution is 2.41. The molecule has 0 spiro atoms. The van der Waals surface area contributed by atoms with Gasteiger partial charge in [0.25, 0.3) is 0 Å². The molecule has 1 aliphatic heterocycles. The van der Waals surface area contributed by atoms with Crippen molar-refractivity contribution in [2.75, 3.05) is 26.7 Å². The van der Waals surface area contributed by atoms with Crippen molar-refractivity contribution in [3.63, 3.8) is 0 Å². The Morgan fingerprint density at radius 1 is 1.39 bits per heavy atom. The lowest BCUT2D eigenvalue weighted by Crippen LogP contribution is -2.55. The van der Waals surface area contributed by atoms with Crippen molar-refractivity contribution in [2.45, 2.75) is 31.2 Å². The molecule has 6 nitrogen and oxygen atoms in total. The molecule has 1 amide bonds. The molecule has 0 saturated carbocycles. The van der Waals surface area contributed by atoms with Gasteiger partial charge in [0, 0.05) is 45.1 Å². The molecule has 1 saturated heterocycles. The maximum atomic E-state index is 13.5. The third kappa shape index (κ3) is 3.35. The molecule has 1 aliphatic rings. The summed E-state index contributed by atoms with van der Waals surface area (Å²) in [5.74, 6) is -1.31. The molecule has 2 rings (SSSR count). The summed E-state index contributed by atoms with van der Waals surface area (Å²) in [5.41, 5.74) is -3.30. The van der Waals surface area contributed by atoms with Crippen LogP contribution in [0, 0.1) is 0 Å². The van der Waals surface area contributed by atoms with Gasteiger partial charge in [-0.2, -0.15) is 13.2 Å². The quantitative estimate of drug-likeness (QED) is 0.885. The van der Waals surface area contributed by atoms with E-state index in [1.165, 1.54) is 18.1 Å². The predicted molar refractivity (Wildman–Crippen MR) is 76.4 cm³/mol. The van der Waals surface area contributed by atoms with E-state index in [9.17, 15) is 23.1 Å². The van der Waals surface area contributed by atoms with Gasteiger partial charge in [0.15, 0.2) is 5.82 Å². The smallest absolute Gasteiger partial charge is 0.374 e. The highest BCUT2D eigenvalue weighted by atomic mass is 19.4. The van der Waals surface area contributed by atoms with Crippen LogP contribution in [-0.4, -0.2) is 69.3 Å². The molecular formula is C14H21F3N4O2. The van der Waals surface area contributed by atoms with Gasteiger partial charge < -0.3 is 19.5 Å². The Morgan fingerprint density at radius 2 is 2.04 bits per heavy atom. The topological polar surface area (TPSA) is 61.6 Å². The van der Waals surface area contributed by atoms with Crippen molar-refractivity contribution < 1.29 is 23.1 Å². The minimum Gasteiger partial charge on any atom is -0.374 e. The SMILES string of the molecule is C[C@H]1CN(C)CCN1C(=O)C[C@](O)(c1nccn1C)C(F)(F)F. The maximum Gasteiger partial charge on any atom is 0.425 e. The number of likely N-dealkylation sites (N-methyl/N-ethyl adjacent to an activating group) is 1. The number of aryl methyl sites for hydroxylation is 1. The van der Waals surface area contributed by atoms with Gasteiger partial charge >= 0.3 is 6.18 Å². The zero-order chi connectivity index (χ0) is 17.4. The molecule has 1 aromatic rings. The van der Waals surface area contributed by atoms with E-state index in [1.54, 1.807) is 6.92 Å². The van der Waals surface area contributed by atoms with Crippen molar-refractivity contribution in [3.05, 3.63) is 18.2 Å². The first-order valence-electron chi connectivity index (χ1n) is 7.31. The van der Waals surface area contributed by atoms with Gasteiger partial charge in [0.1, 0.15) is 0 Å². The van der Waals surface area contributed by atoms with Crippen LogP contribution in [0.1, 0.15) is 19.2 Å². The Labute approximate surface area is 132 Å². The Balaban J connectivity index is 2.26. The zero-order valence-corrected chi connectivity index (χ0v) is 13.3. The number of amides is 1. The van der Waals surface area contributed by atoms with Gasteiger partial charge in [0.05, 0.1) is 6.42 Å². The highest BCUT2D eigenvalue weighted by Gasteiger charge is 2.59. The number of carbonyl (C=O) groups excluding carboxylic acids is 1. The molecule has 1 N–H and O–H groups in total. The Bertz CT molecular complexity index is 575. The van der Waals surface area contributed by atoms with Crippen LogP contribution < -0.4 is 0 Å². The standard InChI is InChI=1S/C14H21F3N4O2/c1-10-9-19(2)6-7-21(10)11(22)8-13(23,14(15,16)17)12-18-4-5-20(12)3/h4-5,10,23H,6-9H2,1-3H3/t10-,13-/m0/s1. The van der Waals surface area contributed by atoms with Crippen LogP contribution in [0.25, 0.3) is 0 Å². The Morgan fingerprint density at radius 3 is 2.52 bits per heavy atom. The fourth-order valence-corrected chi connectivity index (χ4v) is 2.90. The lowest BCUT2D eigenvalue weighted by atomic mass is 9.96. The normalized spacial score (nSPS) is 22.9. The second-order valence-corrected chi connectivity index (χ2v) is 6.09. The lowest BCUT2D eigenvalue weighted by molar-refractivity contribution is -0.272. The predicted octanol–water partition coefficient (Wildman–Crippen LogP) is 0.723. The lowest BCUT2D eigenvalue weighted by Gasteiger charge is -2.40. The molecule has 1 aromatic heterocycles. The third-order valence-electron chi connectivity index (χ3n) is 4.22. The van der Waals surface area contributed by atoms with Crippen LogP contribution in [0.3, 0.4) is 0 Å². The molecular weight excluding hydrogens is 313 g/mol. The number of hydrogen-bond donors (Lipinski definition) is 1. The van der Waals surface area contributed by atoms with Crippen molar-refractivity contribution in [2.24, 2.45) is 7.05 Å². The minimum absolute atomic E-state index is 0.208. The van der Waals surface area contributed by atoms with E-state index in [-0.39, 0.29) is 6.04 Å². The molecule has 0 unspecified atom stereocenters. The monoisotopic (exact) mass is 334 g/mol. The van der Waals surface area contributed by atoms with E-state index in [4.69, 9.17) is 0 Å². The Hall–Kier alpha value is -1.61. The van der Waals surface area contributed by atoms with E-state index in [0.29, 0.717) is 19.6 Å². The zero-order valence-electron chi connectivity index (χ0n) is 13.3. The average molecular weight is 334 g/mol. The number of hydrogen-bond acceptors (Lipinski definition) is 4. The summed E-state index contributed by atoms with van der Waals surface area (Å²) in [6.07, 6.45) is -3.61. The van der Waals surface area contributed by atoms with Gasteiger partial charge in [-0.15, -0.1) is 0 Å². The molecule has 23 heavy (non-hydrogen) atoms. The largest absolute Gasteiger partial charge is 0.425 e. The number of halogens is 3. The van der Waals surface area contributed by atoms with E-state index in [0.717, 1.165) is 10.8 Å². The van der Waals surface area contributed by atoms with Crippen LogP contribution in [0.15, 0.2) is 12.4 Å². The first kappa shape index (κ1) is 17.7. The van der Waals surface area contributed by atoms with Gasteiger partial charge in [-0.25, -0.2) is 4.98 Å². The molecule has 0 bridgehead atoms. The van der Waals surface area contributed by atoms with Crippen LogP contribution in [0.5, 0.6) is 0 Å². The van der Waals surface area contributed by atoms with Crippen molar-refractivity contribution in [3.8, 4) is 0 Å². The van der Waals surface area contributed by atoms with Gasteiger partial charge in [-0.05, 0) is 14.0 Å². The van der Waals surface area contributed by atoms with Crippen molar-refractivity contribution in [1.82, 2.24) is 19.4 Å². The summed E-state index contributed by atoms with van der Waals surface area (Å²) in [7, 11) is 3.24. The van der Waals surface area contributed by atoms with Crippen molar-refractivity contribution in [1.29, 1.82) is 0 Å². The van der Waals surface area contributed by atoms with Crippen LogP contribution >= 0.6 is 0 Å². The number of carbonyl (C=O) groups is 1. The average Bonchev–Trinajstić information content (AvgIpc) is 2.83. The number of nitrogens with zero attached hydrogens (tertiary/aromatic N) is 4. The highest BCUT2D eigenvalue weighted by molar-refractivity contribution is 5.78. The number of aromatic nitrogens is 2. The van der Waals surface area contributed by atoms with Crippen LogP contribution in [-0.2, 0) is 17.4 Å². The van der Waals surface area contributed by atoms with Crippen LogP contribution in [0.2, 0.25) is 0 Å². The maximum absolute atomic E-state index is 13.5. The fraction of sp³-hybridized carbons (Fsp3) is 0.714. The number of aliphatic hydroxyl groups is 1. The first-order valence-corrected chi connectivity index (χ1v) is 7.31. The molecule has 1 fully saturated rings. The van der Waals surface area contributed by atoms with E-state index in [1.807, 2.05) is 11.9 Å². The molecule has 0 aliphatic carbocycles. The molecule has 2 atom stereocenters. The van der Waals surface area contributed by atoms with E-state index < -0.39 is 29.9 Å². The summed E-state index contributed by atoms with van der Waals surface area (Å²) in [6, 6.07) is -0.208. The summed E-state index contributed by atoms with van der Waals surface area (Å²) in [4.78, 5) is 19.4. The minimum atomic E-state index is -5.00. The molecule has 0 aromatic carbocycles. The number of piperazine rings is 1. The van der Waals surface area contributed by atoms with Crippen LogP contribution in [0.4, 0.5) is 13.2 Å². The second kappa shape index (κ2) is 6.12. The fourth-order valence-electron chi connectivity index (χ4n) is 2.90. The summed E-state index contributed by atoms with van der Waals surface area (Å²) < 4.78 is 41.4. The second-order valence-electron chi connectivity index (χ2n) is 6.09. The van der Waals surface area contributed by atoms with Crippen molar-refractivity contribution >= 4 is 5.91 Å². The molecule has 2 heterocycles. The molecule has 0 radical (unpaired) electrons. The number of imidazole rings is 1. The van der Waals surface area contributed by atoms with Gasteiger partial charge in [-0.1, -0.05) is 0 Å². The third-order valence-corrected chi connectivity index (χ3v) is 4.22.